The van der Waals surface area contributed by atoms with Crippen molar-refractivity contribution in [1.29, 1.82) is 0 Å². The number of amides is 1. The van der Waals surface area contributed by atoms with Crippen molar-refractivity contribution in [1.82, 2.24) is 14.8 Å². The molecule has 0 radical (unpaired) electrons. The van der Waals surface area contributed by atoms with E-state index in [1.54, 1.807) is 0 Å². The molecule has 24 heavy (non-hydrogen) atoms. The molecule has 1 aromatic carbocycles. The maximum Gasteiger partial charge on any atom is 0.228 e. The number of carbonyl (C=O) groups excluding carboxylic acids is 1. The minimum atomic E-state index is -0.238. The van der Waals surface area contributed by atoms with E-state index in [2.05, 4.69) is 20.1 Å². The first-order valence-corrected chi connectivity index (χ1v) is 8.65. The van der Waals surface area contributed by atoms with Crippen molar-refractivity contribution >= 4 is 11.6 Å². The van der Waals surface area contributed by atoms with Crippen molar-refractivity contribution in [2.75, 3.05) is 5.32 Å². The lowest BCUT2D eigenvalue weighted by molar-refractivity contribution is -0.119. The third kappa shape index (κ3) is 3.48. The third-order valence-corrected chi connectivity index (χ3v) is 4.70. The molecule has 2 atom stereocenters. The van der Waals surface area contributed by atoms with Gasteiger partial charge >= 0.3 is 0 Å². The average molecular weight is 327 g/mol. The standard InChI is InChI=1S/C18H25N5O/c1-12(13(2)19)18(24)20-15-8-6-7-14(11-15)17-22-21-16-9-4-3-5-10-23(16)17/h6-8,11-13H,3-5,9-10,19H2,1-2H3,(H,20,24). The van der Waals surface area contributed by atoms with Gasteiger partial charge < -0.3 is 15.6 Å². The number of carbonyl (C=O) groups is 1. The molecule has 0 bridgehead atoms. The van der Waals surface area contributed by atoms with Gasteiger partial charge in [0.1, 0.15) is 5.82 Å². The molecule has 2 aromatic rings. The Morgan fingerprint density at radius 3 is 2.88 bits per heavy atom. The van der Waals surface area contributed by atoms with Crippen LogP contribution < -0.4 is 11.1 Å². The predicted molar refractivity (Wildman–Crippen MR) is 94.5 cm³/mol. The fraction of sp³-hybridized carbons (Fsp3) is 0.500. The van der Waals surface area contributed by atoms with E-state index in [0.717, 1.165) is 42.3 Å². The normalized spacial score (nSPS) is 16.8. The van der Waals surface area contributed by atoms with Crippen molar-refractivity contribution < 1.29 is 4.79 Å². The third-order valence-electron chi connectivity index (χ3n) is 4.70. The Morgan fingerprint density at radius 1 is 1.25 bits per heavy atom. The summed E-state index contributed by atoms with van der Waals surface area (Å²) in [5, 5.41) is 11.7. The molecule has 0 saturated carbocycles. The number of benzene rings is 1. The summed E-state index contributed by atoms with van der Waals surface area (Å²) in [4.78, 5) is 12.2. The van der Waals surface area contributed by atoms with Gasteiger partial charge in [-0.25, -0.2) is 0 Å². The monoisotopic (exact) mass is 327 g/mol. The van der Waals surface area contributed by atoms with Gasteiger partial charge in [-0.15, -0.1) is 10.2 Å². The van der Waals surface area contributed by atoms with E-state index < -0.39 is 0 Å². The summed E-state index contributed by atoms with van der Waals surface area (Å²) in [6.07, 6.45) is 4.53. The number of rotatable bonds is 4. The van der Waals surface area contributed by atoms with E-state index in [1.165, 1.54) is 12.8 Å². The van der Waals surface area contributed by atoms with Crippen LogP contribution in [-0.4, -0.2) is 26.7 Å². The largest absolute Gasteiger partial charge is 0.327 e. The van der Waals surface area contributed by atoms with Gasteiger partial charge in [0.15, 0.2) is 5.82 Å². The molecule has 0 saturated heterocycles. The zero-order chi connectivity index (χ0) is 17.1. The lowest BCUT2D eigenvalue weighted by atomic mass is 10.0. The molecule has 1 aliphatic rings. The first-order valence-electron chi connectivity index (χ1n) is 8.65. The summed E-state index contributed by atoms with van der Waals surface area (Å²) in [5.41, 5.74) is 7.54. The summed E-state index contributed by atoms with van der Waals surface area (Å²) in [6.45, 7) is 4.63. The van der Waals surface area contributed by atoms with Crippen LogP contribution in [0.3, 0.4) is 0 Å². The number of nitrogens with one attached hydrogen (secondary N) is 1. The highest BCUT2D eigenvalue weighted by Gasteiger charge is 2.19. The average Bonchev–Trinajstić information content (AvgIpc) is 2.83. The van der Waals surface area contributed by atoms with Crippen LogP contribution in [0, 0.1) is 5.92 Å². The van der Waals surface area contributed by atoms with Crippen molar-refractivity contribution in [3.63, 3.8) is 0 Å². The second kappa shape index (κ2) is 7.13. The Hall–Kier alpha value is -2.21. The molecule has 3 N–H and O–H groups in total. The molecule has 3 rings (SSSR count). The van der Waals surface area contributed by atoms with E-state index in [0.29, 0.717) is 0 Å². The number of aryl methyl sites for hydroxylation is 1. The molecular weight excluding hydrogens is 302 g/mol. The van der Waals surface area contributed by atoms with E-state index >= 15 is 0 Å². The maximum absolute atomic E-state index is 12.2. The van der Waals surface area contributed by atoms with Crippen LogP contribution in [0.2, 0.25) is 0 Å². The fourth-order valence-corrected chi connectivity index (χ4v) is 2.93. The van der Waals surface area contributed by atoms with Gasteiger partial charge in [-0.3, -0.25) is 4.79 Å². The van der Waals surface area contributed by atoms with Gasteiger partial charge in [0.2, 0.25) is 5.91 Å². The highest BCUT2D eigenvalue weighted by Crippen LogP contribution is 2.25. The number of nitrogens with zero attached hydrogens (tertiary/aromatic N) is 3. The molecular formula is C18H25N5O. The van der Waals surface area contributed by atoms with Crippen LogP contribution in [0.25, 0.3) is 11.4 Å². The Bertz CT molecular complexity index is 722. The molecule has 6 nitrogen and oxygen atoms in total. The Labute approximate surface area is 142 Å². The minimum absolute atomic E-state index is 0.0674. The van der Waals surface area contributed by atoms with Crippen LogP contribution in [0.1, 0.15) is 38.9 Å². The predicted octanol–water partition coefficient (Wildman–Crippen LogP) is 2.59. The zero-order valence-corrected chi connectivity index (χ0v) is 14.3. The van der Waals surface area contributed by atoms with Gasteiger partial charge in [0.25, 0.3) is 0 Å². The second-order valence-corrected chi connectivity index (χ2v) is 6.62. The van der Waals surface area contributed by atoms with Crippen LogP contribution in [0.15, 0.2) is 24.3 Å². The van der Waals surface area contributed by atoms with Gasteiger partial charge in [0, 0.05) is 30.3 Å². The molecule has 2 heterocycles. The van der Waals surface area contributed by atoms with Crippen LogP contribution in [0.4, 0.5) is 5.69 Å². The van der Waals surface area contributed by atoms with Crippen LogP contribution >= 0.6 is 0 Å². The molecule has 6 heteroatoms. The summed E-state index contributed by atoms with van der Waals surface area (Å²) in [5.74, 6) is 1.63. The topological polar surface area (TPSA) is 85.8 Å². The van der Waals surface area contributed by atoms with Gasteiger partial charge in [-0.05, 0) is 31.9 Å². The fourth-order valence-electron chi connectivity index (χ4n) is 2.93. The van der Waals surface area contributed by atoms with Gasteiger partial charge in [-0.1, -0.05) is 25.5 Å². The van der Waals surface area contributed by atoms with Crippen LogP contribution in [-0.2, 0) is 17.8 Å². The number of anilines is 1. The molecule has 2 unspecified atom stereocenters. The quantitative estimate of drug-likeness (QED) is 0.904. The smallest absolute Gasteiger partial charge is 0.228 e. The highest BCUT2D eigenvalue weighted by atomic mass is 16.1. The van der Waals surface area contributed by atoms with E-state index in [-0.39, 0.29) is 17.9 Å². The molecule has 1 aromatic heterocycles. The summed E-state index contributed by atoms with van der Waals surface area (Å²) >= 11 is 0. The Morgan fingerprint density at radius 2 is 2.08 bits per heavy atom. The summed E-state index contributed by atoms with van der Waals surface area (Å²) in [6, 6.07) is 7.59. The number of fused-ring (bicyclic) bond motifs is 1. The maximum atomic E-state index is 12.2. The molecule has 1 amide bonds. The molecule has 1 aliphatic heterocycles. The SMILES string of the molecule is CC(N)C(C)C(=O)Nc1cccc(-c2nnc3n2CCCCC3)c1. The number of aromatic nitrogens is 3. The minimum Gasteiger partial charge on any atom is -0.327 e. The van der Waals surface area contributed by atoms with Crippen molar-refractivity contribution in [3.05, 3.63) is 30.1 Å². The van der Waals surface area contributed by atoms with Gasteiger partial charge in [-0.2, -0.15) is 0 Å². The summed E-state index contributed by atoms with van der Waals surface area (Å²) in [7, 11) is 0. The van der Waals surface area contributed by atoms with Crippen molar-refractivity contribution in [2.45, 2.75) is 52.1 Å². The first kappa shape index (κ1) is 16.6. The Kier molecular flexibility index (Phi) is 4.94. The highest BCUT2D eigenvalue weighted by molar-refractivity contribution is 5.93. The van der Waals surface area contributed by atoms with Crippen LogP contribution in [0.5, 0.6) is 0 Å². The van der Waals surface area contributed by atoms with E-state index in [4.69, 9.17) is 5.73 Å². The molecule has 0 fully saturated rings. The van der Waals surface area contributed by atoms with E-state index in [9.17, 15) is 4.79 Å². The molecule has 0 spiro atoms. The first-order chi connectivity index (χ1) is 11.6. The number of hydrogen-bond acceptors (Lipinski definition) is 4. The second-order valence-electron chi connectivity index (χ2n) is 6.62. The Balaban J connectivity index is 1.84. The van der Waals surface area contributed by atoms with Gasteiger partial charge in [0.05, 0.1) is 5.92 Å². The molecule has 128 valence electrons. The lowest BCUT2D eigenvalue weighted by Gasteiger charge is -2.15. The number of hydrogen-bond donors (Lipinski definition) is 2. The van der Waals surface area contributed by atoms with Crippen molar-refractivity contribution in [2.24, 2.45) is 11.7 Å². The lowest BCUT2D eigenvalue weighted by Crippen LogP contribution is -2.34. The zero-order valence-electron chi connectivity index (χ0n) is 14.3. The van der Waals surface area contributed by atoms with E-state index in [1.807, 2.05) is 38.1 Å². The summed E-state index contributed by atoms with van der Waals surface area (Å²) < 4.78 is 2.21. The van der Waals surface area contributed by atoms with Crippen molar-refractivity contribution in [3.8, 4) is 11.4 Å². The number of nitrogens with two attached hydrogens (primary N) is 1. The molecule has 0 aliphatic carbocycles.